The number of rotatable bonds is 16. The SMILES string of the molecule is C#CC(=O)NC1C(C)OC(OC2C(COC)OC(OC3C(COC)OC(OC)C(OC)[C@H]3OC)C(OC)C2OC)C(OC)C1OC. The van der Waals surface area contributed by atoms with Crippen LogP contribution in [0.5, 0.6) is 0 Å². The standard InChI is InChI=1S/C30H51NO15/c1-12-18(32)31-19-15(2)42-29(25(38-8)22(19)35-5)45-21-17(14-34-4)44-30(27(40-10)24(21)37-7)46-20-16(13-33-3)43-28(41-11)26(39-9)23(20)36-6/h1,15-17,19-30H,13-14H2,2-11H3,(H,31,32)/t15?,16?,17?,19?,20?,21?,22?,23-,24?,25?,26?,27?,28?,29?,30?/m0/s1. The van der Waals surface area contributed by atoms with Crippen LogP contribution in [0.15, 0.2) is 0 Å². The van der Waals surface area contributed by atoms with Crippen LogP contribution in [0, 0.1) is 12.3 Å². The van der Waals surface area contributed by atoms with Gasteiger partial charge in [0.2, 0.25) is 0 Å². The molecular formula is C30H51NO15. The molecule has 16 nitrogen and oxygen atoms in total. The summed E-state index contributed by atoms with van der Waals surface area (Å²) in [6.07, 6.45) is -5.16. The number of methoxy groups -OCH3 is 9. The first-order valence-electron chi connectivity index (χ1n) is 14.9. The fourth-order valence-corrected chi connectivity index (χ4v) is 6.35. The molecule has 0 radical (unpaired) electrons. The van der Waals surface area contributed by atoms with Gasteiger partial charge in [-0.1, -0.05) is 0 Å². The van der Waals surface area contributed by atoms with Crippen LogP contribution in [0.25, 0.3) is 0 Å². The zero-order valence-electron chi connectivity index (χ0n) is 28.3. The van der Waals surface area contributed by atoms with Crippen LogP contribution in [0.3, 0.4) is 0 Å². The molecule has 3 aliphatic rings. The van der Waals surface area contributed by atoms with Gasteiger partial charge in [0.1, 0.15) is 61.0 Å². The van der Waals surface area contributed by atoms with Crippen LogP contribution in [0.4, 0.5) is 0 Å². The van der Waals surface area contributed by atoms with Crippen molar-refractivity contribution in [2.75, 3.05) is 77.2 Å². The number of terminal acetylenes is 1. The van der Waals surface area contributed by atoms with E-state index >= 15 is 0 Å². The summed E-state index contributed by atoms with van der Waals surface area (Å²) in [5.41, 5.74) is 0. The second kappa shape index (κ2) is 18.9. The van der Waals surface area contributed by atoms with Crippen molar-refractivity contribution < 1.29 is 71.1 Å². The largest absolute Gasteiger partial charge is 0.382 e. The molecule has 0 spiro atoms. The highest BCUT2D eigenvalue weighted by Gasteiger charge is 2.55. The Kier molecular flexibility index (Phi) is 16.0. The smallest absolute Gasteiger partial charge is 0.296 e. The van der Waals surface area contributed by atoms with Crippen molar-refractivity contribution in [1.82, 2.24) is 5.32 Å². The molecule has 0 aromatic heterocycles. The van der Waals surface area contributed by atoms with Gasteiger partial charge in [0.15, 0.2) is 18.9 Å². The second-order valence-corrected chi connectivity index (χ2v) is 11.0. The summed E-state index contributed by atoms with van der Waals surface area (Å²) in [5, 5.41) is 2.74. The summed E-state index contributed by atoms with van der Waals surface area (Å²) in [6.45, 7) is 2.04. The number of ether oxygens (including phenoxy) is 14. The van der Waals surface area contributed by atoms with Crippen molar-refractivity contribution in [3.05, 3.63) is 0 Å². The molecule has 1 N–H and O–H groups in total. The van der Waals surface area contributed by atoms with Gasteiger partial charge in [-0.15, -0.1) is 6.42 Å². The summed E-state index contributed by atoms with van der Waals surface area (Å²) in [6, 6.07) is -0.612. The maximum absolute atomic E-state index is 12.0. The molecular weight excluding hydrogens is 614 g/mol. The van der Waals surface area contributed by atoms with E-state index in [9.17, 15) is 4.79 Å². The Bertz CT molecular complexity index is 954. The van der Waals surface area contributed by atoms with Gasteiger partial charge < -0.3 is 71.6 Å². The average molecular weight is 666 g/mol. The van der Waals surface area contributed by atoms with Gasteiger partial charge in [0, 0.05) is 64.0 Å². The third-order valence-electron chi connectivity index (χ3n) is 8.52. The molecule has 46 heavy (non-hydrogen) atoms. The van der Waals surface area contributed by atoms with E-state index in [0.717, 1.165) is 0 Å². The minimum Gasteiger partial charge on any atom is -0.382 e. The quantitative estimate of drug-likeness (QED) is 0.202. The van der Waals surface area contributed by atoms with E-state index in [4.69, 9.17) is 72.7 Å². The Morgan fingerprint density at radius 1 is 0.587 bits per heavy atom. The molecule has 0 saturated carbocycles. The van der Waals surface area contributed by atoms with Gasteiger partial charge in [-0.3, -0.25) is 4.79 Å². The van der Waals surface area contributed by atoms with Crippen LogP contribution < -0.4 is 5.32 Å². The average Bonchev–Trinajstić information content (AvgIpc) is 3.06. The Balaban J connectivity index is 1.90. The van der Waals surface area contributed by atoms with Crippen molar-refractivity contribution in [2.45, 2.75) is 99.0 Å². The molecule has 15 atom stereocenters. The number of amides is 1. The predicted molar refractivity (Wildman–Crippen MR) is 158 cm³/mol. The van der Waals surface area contributed by atoms with Gasteiger partial charge in [0.25, 0.3) is 5.91 Å². The molecule has 0 aromatic rings. The molecule has 0 aromatic carbocycles. The number of hydrogen-bond donors (Lipinski definition) is 1. The van der Waals surface area contributed by atoms with E-state index in [1.165, 1.54) is 49.8 Å². The van der Waals surface area contributed by atoms with E-state index in [0.29, 0.717) is 0 Å². The molecule has 3 fully saturated rings. The monoisotopic (exact) mass is 665 g/mol. The minimum absolute atomic E-state index is 0.0954. The van der Waals surface area contributed by atoms with Crippen LogP contribution in [-0.4, -0.2) is 175 Å². The molecule has 16 heteroatoms. The Morgan fingerprint density at radius 3 is 1.41 bits per heavy atom. The fourth-order valence-electron chi connectivity index (χ4n) is 6.35. The summed E-state index contributed by atoms with van der Waals surface area (Å²) in [5.74, 6) is 1.45. The topological polar surface area (TPSA) is 158 Å². The highest BCUT2D eigenvalue weighted by atomic mass is 16.8. The zero-order valence-corrected chi connectivity index (χ0v) is 28.3. The molecule has 3 aliphatic heterocycles. The lowest BCUT2D eigenvalue weighted by Gasteiger charge is -2.51. The first-order chi connectivity index (χ1) is 22.2. The molecule has 14 unspecified atom stereocenters. The van der Waals surface area contributed by atoms with Crippen LogP contribution in [0.1, 0.15) is 6.92 Å². The molecule has 266 valence electrons. The fraction of sp³-hybridized carbons (Fsp3) is 0.900. The Hall–Kier alpha value is -1.53. The van der Waals surface area contributed by atoms with Crippen LogP contribution in [-0.2, 0) is 71.1 Å². The number of nitrogens with one attached hydrogen (secondary N) is 1. The van der Waals surface area contributed by atoms with Crippen molar-refractivity contribution >= 4 is 5.91 Å². The molecule has 3 heterocycles. The van der Waals surface area contributed by atoms with Gasteiger partial charge in [-0.05, 0) is 12.8 Å². The van der Waals surface area contributed by atoms with Crippen molar-refractivity contribution in [3.8, 4) is 12.3 Å². The van der Waals surface area contributed by atoms with Crippen LogP contribution >= 0.6 is 0 Å². The number of carbonyl (C=O) groups excluding carboxylic acids is 1. The first-order valence-corrected chi connectivity index (χ1v) is 14.9. The van der Waals surface area contributed by atoms with Gasteiger partial charge in [-0.2, -0.15) is 0 Å². The lowest BCUT2D eigenvalue weighted by Crippen LogP contribution is -2.68. The van der Waals surface area contributed by atoms with E-state index in [2.05, 4.69) is 11.2 Å². The molecule has 3 saturated heterocycles. The number of hydrogen-bond acceptors (Lipinski definition) is 15. The van der Waals surface area contributed by atoms with Gasteiger partial charge in [0.05, 0.1) is 25.4 Å². The van der Waals surface area contributed by atoms with E-state index in [-0.39, 0.29) is 13.2 Å². The van der Waals surface area contributed by atoms with E-state index in [1.54, 1.807) is 21.1 Å². The predicted octanol–water partition coefficient (Wildman–Crippen LogP) is -0.901. The lowest BCUT2D eigenvalue weighted by molar-refractivity contribution is -0.381. The van der Waals surface area contributed by atoms with Crippen molar-refractivity contribution in [3.63, 3.8) is 0 Å². The first kappa shape index (κ1) is 38.9. The second-order valence-electron chi connectivity index (χ2n) is 11.0. The van der Waals surface area contributed by atoms with Crippen molar-refractivity contribution in [2.24, 2.45) is 0 Å². The summed E-state index contributed by atoms with van der Waals surface area (Å²) < 4.78 is 83.5. The molecule has 0 aliphatic carbocycles. The van der Waals surface area contributed by atoms with Gasteiger partial charge in [-0.25, -0.2) is 0 Å². The lowest BCUT2D eigenvalue weighted by atomic mass is 9.94. The zero-order chi connectivity index (χ0) is 34.0. The maximum Gasteiger partial charge on any atom is 0.296 e. The molecule has 0 bridgehead atoms. The minimum atomic E-state index is -1.00. The van der Waals surface area contributed by atoms with E-state index < -0.39 is 98.0 Å². The molecule has 3 rings (SSSR count). The third-order valence-corrected chi connectivity index (χ3v) is 8.52. The summed E-state index contributed by atoms with van der Waals surface area (Å²) >= 11 is 0. The summed E-state index contributed by atoms with van der Waals surface area (Å²) in [7, 11) is 13.7. The number of carbonyl (C=O) groups is 1. The third kappa shape index (κ3) is 8.54. The van der Waals surface area contributed by atoms with Crippen LogP contribution in [0.2, 0.25) is 0 Å². The molecule has 1 amide bonds. The highest BCUT2D eigenvalue weighted by Crippen LogP contribution is 2.36. The maximum atomic E-state index is 12.0. The summed E-state index contributed by atoms with van der Waals surface area (Å²) in [4.78, 5) is 12.0. The normalized spacial score (nSPS) is 41.5. The van der Waals surface area contributed by atoms with E-state index in [1.807, 2.05) is 0 Å². The van der Waals surface area contributed by atoms with Gasteiger partial charge >= 0.3 is 0 Å². The Morgan fingerprint density at radius 2 is 1.00 bits per heavy atom. The highest BCUT2D eigenvalue weighted by molar-refractivity contribution is 5.93. The Labute approximate surface area is 271 Å². The van der Waals surface area contributed by atoms with Crippen molar-refractivity contribution in [1.29, 1.82) is 0 Å².